The molecule has 2 rings (SSSR count). The van der Waals surface area contributed by atoms with Crippen LogP contribution >= 0.6 is 0 Å². The van der Waals surface area contributed by atoms with Crippen molar-refractivity contribution in [1.29, 1.82) is 0 Å². The predicted molar refractivity (Wildman–Crippen MR) is 76.1 cm³/mol. The average Bonchev–Trinajstić information content (AvgIpc) is 2.47. The van der Waals surface area contributed by atoms with Crippen molar-refractivity contribution in [2.45, 2.75) is 38.3 Å². The van der Waals surface area contributed by atoms with Gasteiger partial charge in [-0.3, -0.25) is 4.98 Å². The van der Waals surface area contributed by atoms with Gasteiger partial charge in [0.2, 0.25) is 0 Å². The van der Waals surface area contributed by atoms with E-state index in [1.165, 1.54) is 4.31 Å². The van der Waals surface area contributed by atoms with Crippen molar-refractivity contribution >= 4 is 10.2 Å². The molecule has 0 aliphatic carbocycles. The lowest BCUT2D eigenvalue weighted by atomic mass is 10.1. The summed E-state index contributed by atoms with van der Waals surface area (Å²) in [6.07, 6.45) is 5.77. The van der Waals surface area contributed by atoms with Crippen LogP contribution < -0.4 is 4.72 Å². The normalized spacial score (nSPS) is 22.6. The lowest BCUT2D eigenvalue weighted by Crippen LogP contribution is -2.50. The number of aliphatic hydroxyl groups is 1. The van der Waals surface area contributed by atoms with Crippen LogP contribution in [0.4, 0.5) is 0 Å². The molecular weight excluding hydrogens is 278 g/mol. The third-order valence-corrected chi connectivity index (χ3v) is 5.37. The third-order valence-electron chi connectivity index (χ3n) is 3.62. The molecule has 7 heteroatoms. The zero-order valence-electron chi connectivity index (χ0n) is 11.6. The van der Waals surface area contributed by atoms with Crippen LogP contribution in [0.3, 0.4) is 0 Å². The molecule has 6 nitrogen and oxygen atoms in total. The molecule has 1 aliphatic heterocycles. The molecule has 0 bridgehead atoms. The van der Waals surface area contributed by atoms with Crippen LogP contribution in [0, 0.1) is 0 Å². The van der Waals surface area contributed by atoms with Gasteiger partial charge in [0.05, 0.1) is 6.61 Å². The zero-order valence-corrected chi connectivity index (χ0v) is 12.4. The van der Waals surface area contributed by atoms with Crippen LogP contribution in [0.15, 0.2) is 24.5 Å². The number of aliphatic hydroxyl groups excluding tert-OH is 1. The van der Waals surface area contributed by atoms with E-state index >= 15 is 0 Å². The Morgan fingerprint density at radius 3 is 2.80 bits per heavy atom. The van der Waals surface area contributed by atoms with Crippen LogP contribution in [0.1, 0.15) is 37.8 Å². The number of nitrogens with one attached hydrogen (secondary N) is 1. The van der Waals surface area contributed by atoms with Gasteiger partial charge in [-0.05, 0) is 37.5 Å². The number of hydrogen-bond donors (Lipinski definition) is 2. The Hall–Kier alpha value is -1.02. The van der Waals surface area contributed by atoms with E-state index in [-0.39, 0.29) is 18.7 Å². The molecule has 0 spiro atoms. The molecule has 1 fully saturated rings. The standard InChI is InChI=1S/C13H21N3O3S/c1-11(12-5-7-14-8-6-12)15-20(18,19)16-9-3-2-4-13(16)10-17/h5-8,11,13,15,17H,2-4,9-10H2,1H3. The molecule has 0 aromatic carbocycles. The highest BCUT2D eigenvalue weighted by Crippen LogP contribution is 2.21. The fourth-order valence-electron chi connectivity index (χ4n) is 2.48. The molecule has 112 valence electrons. The SMILES string of the molecule is CC(NS(=O)(=O)N1CCCCC1CO)c1ccncc1. The second kappa shape index (κ2) is 6.62. The average molecular weight is 299 g/mol. The van der Waals surface area contributed by atoms with Crippen molar-refractivity contribution < 1.29 is 13.5 Å². The summed E-state index contributed by atoms with van der Waals surface area (Å²) in [4.78, 5) is 3.92. The van der Waals surface area contributed by atoms with Crippen LogP contribution in [0.5, 0.6) is 0 Å². The van der Waals surface area contributed by atoms with Gasteiger partial charge in [0.1, 0.15) is 0 Å². The van der Waals surface area contributed by atoms with Crippen LogP contribution in [-0.4, -0.2) is 42.0 Å². The summed E-state index contributed by atoms with van der Waals surface area (Å²) in [5.74, 6) is 0. The highest BCUT2D eigenvalue weighted by atomic mass is 32.2. The van der Waals surface area contributed by atoms with E-state index < -0.39 is 10.2 Å². The van der Waals surface area contributed by atoms with Gasteiger partial charge in [-0.2, -0.15) is 17.4 Å². The molecule has 0 radical (unpaired) electrons. The smallest absolute Gasteiger partial charge is 0.280 e. The van der Waals surface area contributed by atoms with Gasteiger partial charge in [0.15, 0.2) is 0 Å². The molecule has 2 unspecified atom stereocenters. The number of aromatic nitrogens is 1. The lowest BCUT2D eigenvalue weighted by Gasteiger charge is -2.34. The number of rotatable bonds is 5. The van der Waals surface area contributed by atoms with Crippen LogP contribution in [-0.2, 0) is 10.2 Å². The fourth-order valence-corrected chi connectivity index (χ4v) is 4.14. The summed E-state index contributed by atoms with van der Waals surface area (Å²) in [6, 6.07) is 2.93. The van der Waals surface area contributed by atoms with Gasteiger partial charge in [0.25, 0.3) is 10.2 Å². The minimum atomic E-state index is -3.59. The summed E-state index contributed by atoms with van der Waals surface area (Å²) in [5.41, 5.74) is 0.862. The first kappa shape index (κ1) is 15.4. The highest BCUT2D eigenvalue weighted by molar-refractivity contribution is 7.87. The fraction of sp³-hybridized carbons (Fsp3) is 0.615. The first-order valence-electron chi connectivity index (χ1n) is 6.84. The highest BCUT2D eigenvalue weighted by Gasteiger charge is 2.32. The Morgan fingerprint density at radius 2 is 2.15 bits per heavy atom. The molecule has 1 aromatic heterocycles. The van der Waals surface area contributed by atoms with Gasteiger partial charge < -0.3 is 5.11 Å². The van der Waals surface area contributed by atoms with Crippen molar-refractivity contribution in [3.63, 3.8) is 0 Å². The number of nitrogens with zero attached hydrogens (tertiary/aromatic N) is 2. The minimum Gasteiger partial charge on any atom is -0.395 e. The third kappa shape index (κ3) is 3.54. The largest absolute Gasteiger partial charge is 0.395 e. The van der Waals surface area contributed by atoms with Crippen molar-refractivity contribution in [3.05, 3.63) is 30.1 Å². The Labute approximate surface area is 120 Å². The van der Waals surface area contributed by atoms with Gasteiger partial charge in [0, 0.05) is 31.0 Å². The maximum Gasteiger partial charge on any atom is 0.280 e. The molecule has 2 N–H and O–H groups in total. The van der Waals surface area contributed by atoms with E-state index in [2.05, 4.69) is 9.71 Å². The predicted octanol–water partition coefficient (Wildman–Crippen LogP) is 0.824. The number of piperidine rings is 1. The number of hydrogen-bond acceptors (Lipinski definition) is 4. The minimum absolute atomic E-state index is 0.134. The van der Waals surface area contributed by atoms with Gasteiger partial charge in [-0.25, -0.2) is 0 Å². The van der Waals surface area contributed by atoms with Gasteiger partial charge in [-0.15, -0.1) is 0 Å². The van der Waals surface area contributed by atoms with E-state index in [4.69, 9.17) is 0 Å². The van der Waals surface area contributed by atoms with Crippen molar-refractivity contribution in [2.75, 3.05) is 13.2 Å². The Balaban J connectivity index is 2.10. The van der Waals surface area contributed by atoms with Gasteiger partial charge >= 0.3 is 0 Å². The van der Waals surface area contributed by atoms with Crippen LogP contribution in [0.2, 0.25) is 0 Å². The quantitative estimate of drug-likeness (QED) is 0.843. The molecule has 0 saturated carbocycles. The second-order valence-electron chi connectivity index (χ2n) is 5.07. The van der Waals surface area contributed by atoms with Gasteiger partial charge in [-0.1, -0.05) is 6.42 Å². The summed E-state index contributed by atoms with van der Waals surface area (Å²) in [6.45, 7) is 2.12. The van der Waals surface area contributed by atoms with E-state index in [1.54, 1.807) is 31.5 Å². The lowest BCUT2D eigenvalue weighted by molar-refractivity contribution is 0.153. The van der Waals surface area contributed by atoms with Crippen molar-refractivity contribution in [1.82, 2.24) is 14.0 Å². The van der Waals surface area contributed by atoms with Crippen LogP contribution in [0.25, 0.3) is 0 Å². The maximum atomic E-state index is 12.4. The van der Waals surface area contributed by atoms with E-state index in [9.17, 15) is 13.5 Å². The number of pyridine rings is 1. The summed E-state index contributed by atoms with van der Waals surface area (Å²) < 4.78 is 28.9. The summed E-state index contributed by atoms with van der Waals surface area (Å²) in [7, 11) is -3.59. The van der Waals surface area contributed by atoms with E-state index in [0.29, 0.717) is 13.0 Å². The first-order valence-corrected chi connectivity index (χ1v) is 8.28. The monoisotopic (exact) mass is 299 g/mol. The van der Waals surface area contributed by atoms with E-state index in [1.807, 2.05) is 0 Å². The molecule has 20 heavy (non-hydrogen) atoms. The molecule has 1 aliphatic rings. The summed E-state index contributed by atoms with van der Waals surface area (Å²) >= 11 is 0. The zero-order chi connectivity index (χ0) is 14.6. The molecule has 2 heterocycles. The Bertz CT molecular complexity index is 521. The second-order valence-corrected chi connectivity index (χ2v) is 6.72. The van der Waals surface area contributed by atoms with Crippen molar-refractivity contribution in [3.8, 4) is 0 Å². The molecule has 2 atom stereocenters. The summed E-state index contributed by atoms with van der Waals surface area (Å²) in [5, 5.41) is 9.33. The maximum absolute atomic E-state index is 12.4. The Morgan fingerprint density at radius 1 is 1.45 bits per heavy atom. The molecule has 0 amide bonds. The molecule has 1 saturated heterocycles. The Kier molecular flexibility index (Phi) is 5.09. The molecule has 1 aromatic rings. The molecular formula is C13H21N3O3S. The first-order chi connectivity index (χ1) is 9.54. The van der Waals surface area contributed by atoms with E-state index in [0.717, 1.165) is 18.4 Å². The van der Waals surface area contributed by atoms with Crippen molar-refractivity contribution in [2.24, 2.45) is 0 Å². The topological polar surface area (TPSA) is 82.5 Å².